The summed E-state index contributed by atoms with van der Waals surface area (Å²) in [6, 6.07) is 10.1. The van der Waals surface area contributed by atoms with Crippen LogP contribution in [0.3, 0.4) is 0 Å². The lowest BCUT2D eigenvalue weighted by atomic mass is 10.1. The van der Waals surface area contributed by atoms with E-state index >= 15 is 0 Å². The average Bonchev–Trinajstić information content (AvgIpc) is 2.68. The molecule has 1 saturated heterocycles. The number of nitrogens with zero attached hydrogens (tertiary/aromatic N) is 3. The van der Waals surface area contributed by atoms with Gasteiger partial charge < -0.3 is 4.90 Å². The van der Waals surface area contributed by atoms with Crippen LogP contribution in [0.1, 0.15) is 36.0 Å². The van der Waals surface area contributed by atoms with Crippen LogP contribution in [0.4, 0.5) is 5.95 Å². The van der Waals surface area contributed by atoms with Gasteiger partial charge in [-0.3, -0.25) is 9.78 Å². The Balaban J connectivity index is 1.72. The molecule has 0 atom stereocenters. The molecule has 3 aromatic rings. The highest BCUT2D eigenvalue weighted by Crippen LogP contribution is 2.19. The Morgan fingerprint density at radius 2 is 1.81 bits per heavy atom. The molecule has 4 rings (SSSR count). The molecule has 1 aromatic carbocycles. The molecule has 26 heavy (non-hydrogen) atoms. The van der Waals surface area contributed by atoms with Crippen LogP contribution in [-0.2, 0) is 0 Å². The molecule has 0 amide bonds. The summed E-state index contributed by atoms with van der Waals surface area (Å²) in [5.41, 5.74) is 3.51. The number of aryl methyl sites for hydroxylation is 1. The first kappa shape index (κ1) is 16.5. The van der Waals surface area contributed by atoms with Gasteiger partial charge in [0.2, 0.25) is 5.95 Å². The molecular weight excluding hydrogens is 324 g/mol. The largest absolute Gasteiger partial charge is 0.342 e. The first-order valence-electron chi connectivity index (χ1n) is 9.09. The smallest absolute Gasteiger partial charge is 0.262 e. The number of aromatic amines is 1. The van der Waals surface area contributed by atoms with E-state index in [2.05, 4.69) is 51.0 Å². The predicted molar refractivity (Wildman–Crippen MR) is 106 cm³/mol. The number of rotatable bonds is 3. The highest BCUT2D eigenvalue weighted by Gasteiger charge is 2.15. The number of hydrogen-bond donors (Lipinski definition) is 1. The molecule has 1 fully saturated rings. The maximum Gasteiger partial charge on any atom is 0.262 e. The first-order valence-corrected chi connectivity index (χ1v) is 9.09. The van der Waals surface area contributed by atoms with E-state index in [9.17, 15) is 4.79 Å². The van der Waals surface area contributed by atoms with E-state index in [0.29, 0.717) is 17.0 Å². The Hall–Kier alpha value is -2.95. The molecule has 5 nitrogen and oxygen atoms in total. The van der Waals surface area contributed by atoms with Gasteiger partial charge in [0, 0.05) is 19.3 Å². The van der Waals surface area contributed by atoms with Gasteiger partial charge in [0.05, 0.1) is 5.39 Å². The number of pyridine rings is 1. The molecule has 1 aliphatic heterocycles. The Morgan fingerprint density at radius 1 is 1.04 bits per heavy atom. The topological polar surface area (TPSA) is 61.9 Å². The molecule has 2 aromatic heterocycles. The fourth-order valence-corrected chi connectivity index (χ4v) is 3.33. The quantitative estimate of drug-likeness (QED) is 0.784. The van der Waals surface area contributed by atoms with Crippen molar-refractivity contribution in [1.29, 1.82) is 0 Å². The zero-order chi connectivity index (χ0) is 17.9. The van der Waals surface area contributed by atoms with E-state index < -0.39 is 0 Å². The van der Waals surface area contributed by atoms with Crippen molar-refractivity contribution in [2.75, 3.05) is 18.0 Å². The molecule has 5 heteroatoms. The molecule has 0 unspecified atom stereocenters. The molecule has 0 bridgehead atoms. The van der Waals surface area contributed by atoms with Gasteiger partial charge in [-0.15, -0.1) is 0 Å². The van der Waals surface area contributed by atoms with Crippen LogP contribution < -0.4 is 10.5 Å². The van der Waals surface area contributed by atoms with E-state index in [1.54, 1.807) is 6.20 Å². The summed E-state index contributed by atoms with van der Waals surface area (Å²) < 4.78 is 0. The third-order valence-corrected chi connectivity index (χ3v) is 4.82. The number of benzene rings is 1. The van der Waals surface area contributed by atoms with E-state index in [1.807, 2.05) is 18.2 Å². The van der Waals surface area contributed by atoms with Crippen molar-refractivity contribution < 1.29 is 0 Å². The van der Waals surface area contributed by atoms with Crippen molar-refractivity contribution >= 4 is 29.1 Å². The molecular formula is C21H22N4O. The summed E-state index contributed by atoms with van der Waals surface area (Å²) in [6.45, 7) is 3.93. The van der Waals surface area contributed by atoms with Crippen molar-refractivity contribution in [3.63, 3.8) is 0 Å². The predicted octanol–water partition coefficient (Wildman–Crippen LogP) is 3.79. The summed E-state index contributed by atoms with van der Waals surface area (Å²) in [6.07, 6.45) is 9.17. The Morgan fingerprint density at radius 3 is 2.58 bits per heavy atom. The molecule has 0 aliphatic carbocycles. The Bertz CT molecular complexity index is 999. The summed E-state index contributed by atoms with van der Waals surface area (Å²) in [4.78, 5) is 26.8. The normalized spacial score (nSPS) is 15.0. The van der Waals surface area contributed by atoms with Gasteiger partial charge in [-0.2, -0.15) is 4.98 Å². The summed E-state index contributed by atoms with van der Waals surface area (Å²) in [7, 11) is 0. The van der Waals surface area contributed by atoms with E-state index in [1.165, 1.54) is 12.0 Å². The van der Waals surface area contributed by atoms with Crippen LogP contribution in [0.15, 0.2) is 41.3 Å². The number of fused-ring (bicyclic) bond motifs is 1. The van der Waals surface area contributed by atoms with Crippen LogP contribution in [0, 0.1) is 6.92 Å². The van der Waals surface area contributed by atoms with Gasteiger partial charge in [-0.05, 0) is 43.4 Å². The number of nitrogens with one attached hydrogen (secondary N) is 1. The lowest BCUT2D eigenvalue weighted by molar-refractivity contribution is 0.568. The molecule has 0 saturated carbocycles. The average molecular weight is 346 g/mol. The lowest BCUT2D eigenvalue weighted by Gasteiger charge is -2.26. The number of anilines is 1. The van der Waals surface area contributed by atoms with Gasteiger partial charge in [0.25, 0.3) is 5.56 Å². The molecule has 1 N–H and O–H groups in total. The highest BCUT2D eigenvalue weighted by molar-refractivity contribution is 5.88. The van der Waals surface area contributed by atoms with Crippen LogP contribution in [-0.4, -0.2) is 28.0 Å². The zero-order valence-electron chi connectivity index (χ0n) is 14.9. The second-order valence-corrected chi connectivity index (χ2v) is 6.78. The number of piperidine rings is 1. The maximum atomic E-state index is 12.7. The van der Waals surface area contributed by atoms with Crippen LogP contribution in [0.5, 0.6) is 0 Å². The monoisotopic (exact) mass is 346 g/mol. The minimum absolute atomic E-state index is 0.132. The van der Waals surface area contributed by atoms with Crippen molar-refractivity contribution in [1.82, 2.24) is 15.0 Å². The Kier molecular flexibility index (Phi) is 4.52. The fourth-order valence-electron chi connectivity index (χ4n) is 3.33. The van der Waals surface area contributed by atoms with Gasteiger partial charge in [-0.1, -0.05) is 42.0 Å². The van der Waals surface area contributed by atoms with Gasteiger partial charge in [0.15, 0.2) is 5.65 Å². The molecule has 132 valence electrons. The molecule has 0 radical (unpaired) electrons. The maximum absolute atomic E-state index is 12.7. The fraction of sp³-hybridized carbons (Fsp3) is 0.286. The number of hydrogen-bond acceptors (Lipinski definition) is 4. The van der Waals surface area contributed by atoms with Gasteiger partial charge >= 0.3 is 0 Å². The van der Waals surface area contributed by atoms with Gasteiger partial charge in [0.1, 0.15) is 0 Å². The SMILES string of the molecule is Cc1ccc(/C=C/c2ccnc3nc(N4CCCCC4)[nH]c(=O)c23)cc1. The third-order valence-electron chi connectivity index (χ3n) is 4.82. The van der Waals surface area contributed by atoms with Crippen molar-refractivity contribution in [3.05, 3.63) is 63.6 Å². The summed E-state index contributed by atoms with van der Waals surface area (Å²) in [5.74, 6) is 0.634. The van der Waals surface area contributed by atoms with Crippen molar-refractivity contribution in [2.45, 2.75) is 26.2 Å². The van der Waals surface area contributed by atoms with Crippen LogP contribution >= 0.6 is 0 Å². The highest BCUT2D eigenvalue weighted by atomic mass is 16.1. The van der Waals surface area contributed by atoms with Crippen LogP contribution in [0.25, 0.3) is 23.2 Å². The van der Waals surface area contributed by atoms with Crippen LogP contribution in [0.2, 0.25) is 0 Å². The lowest BCUT2D eigenvalue weighted by Crippen LogP contribution is -2.32. The molecule has 1 aliphatic rings. The minimum atomic E-state index is -0.132. The Labute approximate surface area is 152 Å². The zero-order valence-corrected chi connectivity index (χ0v) is 14.9. The minimum Gasteiger partial charge on any atom is -0.342 e. The van der Waals surface area contributed by atoms with E-state index in [-0.39, 0.29) is 5.56 Å². The first-order chi connectivity index (χ1) is 12.7. The second kappa shape index (κ2) is 7.12. The number of H-pyrrole nitrogens is 1. The molecule has 0 spiro atoms. The second-order valence-electron chi connectivity index (χ2n) is 6.78. The summed E-state index contributed by atoms with van der Waals surface area (Å²) >= 11 is 0. The van der Waals surface area contributed by atoms with Crippen molar-refractivity contribution in [2.24, 2.45) is 0 Å². The standard InChI is InChI=1S/C21H22N4O/c1-15-5-7-16(8-6-15)9-10-17-11-12-22-19-18(17)20(26)24-21(23-19)25-13-3-2-4-14-25/h5-12H,2-4,13-14H2,1H3,(H,22,23,24,26)/b10-9+. The number of aromatic nitrogens is 3. The summed E-state index contributed by atoms with van der Waals surface area (Å²) in [5, 5.41) is 0.539. The molecule has 3 heterocycles. The van der Waals surface area contributed by atoms with E-state index in [0.717, 1.165) is 37.1 Å². The van der Waals surface area contributed by atoms with E-state index in [4.69, 9.17) is 0 Å². The van der Waals surface area contributed by atoms with Crippen molar-refractivity contribution in [3.8, 4) is 0 Å². The van der Waals surface area contributed by atoms with Gasteiger partial charge in [-0.25, -0.2) is 4.98 Å². The third kappa shape index (κ3) is 3.38.